The van der Waals surface area contributed by atoms with Gasteiger partial charge in [-0.15, -0.1) is 0 Å². The summed E-state index contributed by atoms with van der Waals surface area (Å²) in [6, 6.07) is 17.7. The molecule has 1 aliphatic carbocycles. The van der Waals surface area contributed by atoms with Gasteiger partial charge in [-0.2, -0.15) is 0 Å². The zero-order valence-corrected chi connectivity index (χ0v) is 18.1. The lowest BCUT2D eigenvalue weighted by Crippen LogP contribution is -2.30. The van der Waals surface area contributed by atoms with Crippen molar-refractivity contribution in [3.8, 4) is 0 Å². The van der Waals surface area contributed by atoms with E-state index in [1.807, 2.05) is 36.4 Å². The van der Waals surface area contributed by atoms with Crippen LogP contribution in [0.1, 0.15) is 75.0 Å². The molecule has 1 fully saturated rings. The number of benzene rings is 2. The first kappa shape index (κ1) is 20.0. The molecular formula is C27H30N2O2. The van der Waals surface area contributed by atoms with Gasteiger partial charge in [0.15, 0.2) is 0 Å². The second-order valence-electron chi connectivity index (χ2n) is 9.07. The number of unbranched alkanes of at least 4 members (excludes halogenated alkanes) is 4. The number of para-hydroxylation sites is 2. The lowest BCUT2D eigenvalue weighted by Gasteiger charge is -2.29. The molecule has 1 aromatic heterocycles. The van der Waals surface area contributed by atoms with Gasteiger partial charge in [0.25, 0.3) is 0 Å². The van der Waals surface area contributed by atoms with E-state index in [-0.39, 0.29) is 17.7 Å². The number of hydrogen-bond acceptors (Lipinski definition) is 2. The molecule has 5 rings (SSSR count). The first-order chi connectivity index (χ1) is 15.2. The molecule has 1 N–H and O–H groups in total. The van der Waals surface area contributed by atoms with Gasteiger partial charge in [-0.3, -0.25) is 9.59 Å². The minimum atomic E-state index is -0.397. The van der Waals surface area contributed by atoms with Gasteiger partial charge < -0.3 is 4.98 Å². The van der Waals surface area contributed by atoms with Crippen LogP contribution < -0.4 is 4.90 Å². The molecule has 2 aliphatic rings. The molecule has 0 unspecified atom stereocenters. The molecule has 0 saturated carbocycles. The Morgan fingerprint density at radius 2 is 1.65 bits per heavy atom. The highest BCUT2D eigenvalue weighted by Crippen LogP contribution is 2.51. The Hall–Kier alpha value is -2.88. The third-order valence-electron chi connectivity index (χ3n) is 7.13. The van der Waals surface area contributed by atoms with Gasteiger partial charge in [0.2, 0.25) is 11.8 Å². The molecule has 0 spiro atoms. The third-order valence-corrected chi connectivity index (χ3v) is 7.13. The van der Waals surface area contributed by atoms with Crippen LogP contribution in [-0.2, 0) is 9.59 Å². The standard InChI is InChI=1S/C27H30N2O2/c1-2-3-4-5-7-12-18-17-21-24(25-23(18)20-15-10-11-16-22(20)28-25)27(31)29(26(21)30)19-13-8-6-9-14-19/h6,8-11,13-16,18,21,24,28H,2-5,7,12,17H2,1H3/t18-,21+,24+/m0/s1. The van der Waals surface area contributed by atoms with Crippen molar-refractivity contribution in [1.82, 2.24) is 4.98 Å². The predicted octanol–water partition coefficient (Wildman–Crippen LogP) is 6.29. The number of aromatic amines is 1. The summed E-state index contributed by atoms with van der Waals surface area (Å²) in [5.41, 5.74) is 4.01. The molecule has 3 aromatic rings. The number of fused-ring (bicyclic) bond motifs is 5. The summed E-state index contributed by atoms with van der Waals surface area (Å²) in [5.74, 6) is -0.473. The summed E-state index contributed by atoms with van der Waals surface area (Å²) in [4.78, 5) is 31.9. The molecule has 2 heterocycles. The Kier molecular flexibility index (Phi) is 5.39. The van der Waals surface area contributed by atoms with Crippen LogP contribution in [0.15, 0.2) is 54.6 Å². The number of carbonyl (C=O) groups excluding carboxylic acids is 2. The molecule has 3 atom stereocenters. The van der Waals surface area contributed by atoms with E-state index < -0.39 is 5.92 Å². The zero-order chi connectivity index (χ0) is 21.4. The van der Waals surface area contributed by atoms with E-state index in [1.165, 1.54) is 48.0 Å². The van der Waals surface area contributed by atoms with Gasteiger partial charge in [-0.1, -0.05) is 75.4 Å². The number of hydrogen-bond donors (Lipinski definition) is 1. The van der Waals surface area contributed by atoms with Gasteiger partial charge in [0.1, 0.15) is 0 Å². The van der Waals surface area contributed by atoms with Gasteiger partial charge in [0.05, 0.1) is 17.5 Å². The number of carbonyl (C=O) groups is 2. The fraction of sp³-hybridized carbons (Fsp3) is 0.407. The minimum absolute atomic E-state index is 0.0403. The van der Waals surface area contributed by atoms with E-state index in [4.69, 9.17) is 0 Å². The van der Waals surface area contributed by atoms with Crippen LogP contribution in [0.5, 0.6) is 0 Å². The van der Waals surface area contributed by atoms with E-state index in [0.717, 1.165) is 24.1 Å². The second-order valence-corrected chi connectivity index (χ2v) is 9.07. The highest BCUT2D eigenvalue weighted by molar-refractivity contribution is 6.24. The molecule has 1 aliphatic heterocycles. The fourth-order valence-corrected chi connectivity index (χ4v) is 5.67. The SMILES string of the molecule is CCCCCCC[C@H]1C[C@H]2C(=O)N(c3ccccc3)C(=O)[C@H]2c2[nH]c3ccccc3c21. The largest absolute Gasteiger partial charge is 0.357 e. The predicted molar refractivity (Wildman–Crippen MR) is 124 cm³/mol. The molecule has 1 saturated heterocycles. The quantitative estimate of drug-likeness (QED) is 0.365. The van der Waals surface area contributed by atoms with Crippen molar-refractivity contribution in [3.63, 3.8) is 0 Å². The number of rotatable bonds is 7. The first-order valence-electron chi connectivity index (χ1n) is 11.7. The van der Waals surface area contributed by atoms with Gasteiger partial charge in [0, 0.05) is 16.6 Å². The van der Waals surface area contributed by atoms with Gasteiger partial charge in [-0.05, 0) is 42.5 Å². The van der Waals surface area contributed by atoms with Crippen LogP contribution in [0.3, 0.4) is 0 Å². The molecule has 4 nitrogen and oxygen atoms in total. The Bertz CT molecular complexity index is 1100. The summed E-state index contributed by atoms with van der Waals surface area (Å²) in [5, 5.41) is 1.22. The maximum atomic E-state index is 13.5. The van der Waals surface area contributed by atoms with E-state index in [2.05, 4.69) is 30.1 Å². The first-order valence-corrected chi connectivity index (χ1v) is 11.7. The number of aromatic nitrogens is 1. The van der Waals surface area contributed by atoms with Crippen LogP contribution in [0.4, 0.5) is 5.69 Å². The molecule has 2 amide bonds. The Balaban J connectivity index is 1.52. The van der Waals surface area contributed by atoms with E-state index >= 15 is 0 Å². The fourth-order valence-electron chi connectivity index (χ4n) is 5.67. The number of nitrogens with zero attached hydrogens (tertiary/aromatic N) is 1. The van der Waals surface area contributed by atoms with Crippen LogP contribution in [0.2, 0.25) is 0 Å². The maximum Gasteiger partial charge on any atom is 0.243 e. The highest BCUT2D eigenvalue weighted by Gasteiger charge is 2.53. The highest BCUT2D eigenvalue weighted by atomic mass is 16.2. The molecule has 2 aromatic carbocycles. The second kappa shape index (κ2) is 8.33. The summed E-state index contributed by atoms with van der Waals surface area (Å²) >= 11 is 0. The van der Waals surface area contributed by atoms with Crippen LogP contribution in [-0.4, -0.2) is 16.8 Å². The number of imide groups is 1. The summed E-state index contributed by atoms with van der Waals surface area (Å²) in [6.45, 7) is 2.24. The Morgan fingerprint density at radius 1 is 0.903 bits per heavy atom. The average molecular weight is 415 g/mol. The van der Waals surface area contributed by atoms with E-state index in [9.17, 15) is 9.59 Å². The van der Waals surface area contributed by atoms with E-state index in [0.29, 0.717) is 11.6 Å². The molecule has 0 radical (unpaired) electrons. The van der Waals surface area contributed by atoms with Crippen LogP contribution in [0, 0.1) is 5.92 Å². The summed E-state index contributed by atoms with van der Waals surface area (Å²) in [7, 11) is 0. The topological polar surface area (TPSA) is 53.2 Å². The number of nitrogens with one attached hydrogen (secondary N) is 1. The summed E-state index contributed by atoms with van der Waals surface area (Å²) in [6.07, 6.45) is 8.05. The number of anilines is 1. The molecule has 160 valence electrons. The normalized spacial score (nSPS) is 22.7. The smallest absolute Gasteiger partial charge is 0.243 e. The maximum absolute atomic E-state index is 13.5. The van der Waals surface area contributed by atoms with Crippen LogP contribution >= 0.6 is 0 Å². The zero-order valence-electron chi connectivity index (χ0n) is 18.1. The van der Waals surface area contributed by atoms with E-state index in [1.54, 1.807) is 0 Å². The lowest BCUT2D eigenvalue weighted by atomic mass is 9.72. The Morgan fingerprint density at radius 3 is 2.45 bits per heavy atom. The molecule has 4 heteroatoms. The average Bonchev–Trinajstić information content (AvgIpc) is 3.29. The lowest BCUT2D eigenvalue weighted by molar-refractivity contribution is -0.122. The monoisotopic (exact) mass is 414 g/mol. The van der Waals surface area contributed by atoms with Crippen molar-refractivity contribution in [1.29, 1.82) is 0 Å². The van der Waals surface area contributed by atoms with Crippen molar-refractivity contribution < 1.29 is 9.59 Å². The minimum Gasteiger partial charge on any atom is -0.357 e. The van der Waals surface area contributed by atoms with Gasteiger partial charge in [-0.25, -0.2) is 4.90 Å². The van der Waals surface area contributed by atoms with Crippen molar-refractivity contribution in [2.75, 3.05) is 4.90 Å². The van der Waals surface area contributed by atoms with Crippen LogP contribution in [0.25, 0.3) is 10.9 Å². The van der Waals surface area contributed by atoms with Gasteiger partial charge >= 0.3 is 0 Å². The van der Waals surface area contributed by atoms with Crippen molar-refractivity contribution in [2.45, 2.75) is 63.7 Å². The number of amides is 2. The Labute approximate surface area is 183 Å². The molecule has 0 bridgehead atoms. The summed E-state index contributed by atoms with van der Waals surface area (Å²) < 4.78 is 0. The van der Waals surface area contributed by atoms with Crippen molar-refractivity contribution >= 4 is 28.4 Å². The third kappa shape index (κ3) is 3.38. The molecule has 31 heavy (non-hydrogen) atoms. The van der Waals surface area contributed by atoms with Crippen molar-refractivity contribution in [3.05, 3.63) is 65.9 Å². The molecular weight excluding hydrogens is 384 g/mol. The number of H-pyrrole nitrogens is 1. The van der Waals surface area contributed by atoms with Crippen molar-refractivity contribution in [2.24, 2.45) is 5.92 Å².